The van der Waals surface area contributed by atoms with Gasteiger partial charge in [-0.1, -0.05) is 0 Å². The molecule has 0 fully saturated rings. The number of fused-ring (bicyclic) bond motifs is 1. The second kappa shape index (κ2) is 4.28. The van der Waals surface area contributed by atoms with E-state index < -0.39 is 11.7 Å². The Kier molecular flexibility index (Phi) is 2.91. The van der Waals surface area contributed by atoms with Crippen molar-refractivity contribution in [3.05, 3.63) is 23.8 Å². The summed E-state index contributed by atoms with van der Waals surface area (Å²) in [5.74, 6) is 0.193. The van der Waals surface area contributed by atoms with E-state index in [4.69, 9.17) is 15.7 Å². The van der Waals surface area contributed by atoms with Crippen LogP contribution < -0.4 is 5.73 Å². The van der Waals surface area contributed by atoms with Gasteiger partial charge in [0, 0.05) is 5.39 Å². The van der Waals surface area contributed by atoms with Gasteiger partial charge < -0.3 is 10.5 Å². The molecule has 0 unspecified atom stereocenters. The first-order valence-corrected chi connectivity index (χ1v) is 5.73. The summed E-state index contributed by atoms with van der Waals surface area (Å²) in [7, 11) is 0. The van der Waals surface area contributed by atoms with Crippen LogP contribution in [0, 0.1) is 11.3 Å². The van der Waals surface area contributed by atoms with Gasteiger partial charge in [-0.05, 0) is 39.0 Å². The molecule has 98 valence electrons. The molecule has 1 aromatic heterocycles. The van der Waals surface area contributed by atoms with Crippen molar-refractivity contribution in [3.8, 4) is 6.07 Å². The third-order valence-corrected chi connectivity index (χ3v) is 2.40. The van der Waals surface area contributed by atoms with Gasteiger partial charge in [-0.15, -0.1) is 5.10 Å². The van der Waals surface area contributed by atoms with Crippen molar-refractivity contribution in [2.45, 2.75) is 26.4 Å². The molecule has 6 nitrogen and oxygen atoms in total. The molecule has 0 aliphatic carbocycles. The maximum Gasteiger partial charge on any atom is 0.435 e. The molecule has 0 atom stereocenters. The highest BCUT2D eigenvalue weighted by atomic mass is 16.6. The van der Waals surface area contributed by atoms with Crippen LogP contribution in [0.25, 0.3) is 10.9 Å². The van der Waals surface area contributed by atoms with Crippen LogP contribution in [0.5, 0.6) is 0 Å². The van der Waals surface area contributed by atoms with Crippen LogP contribution in [-0.2, 0) is 4.74 Å². The van der Waals surface area contributed by atoms with Gasteiger partial charge in [-0.25, -0.2) is 4.79 Å². The molecule has 1 aromatic carbocycles. The van der Waals surface area contributed by atoms with Crippen LogP contribution in [0.15, 0.2) is 18.2 Å². The highest BCUT2D eigenvalue weighted by Crippen LogP contribution is 2.22. The minimum absolute atomic E-state index is 0.193. The minimum atomic E-state index is -0.614. The molecule has 0 bridgehead atoms. The van der Waals surface area contributed by atoms with E-state index in [-0.39, 0.29) is 5.82 Å². The number of anilines is 1. The Bertz CT molecular complexity index is 689. The Hall–Kier alpha value is -2.55. The number of hydrogen-bond acceptors (Lipinski definition) is 5. The van der Waals surface area contributed by atoms with E-state index in [2.05, 4.69) is 5.10 Å². The topological polar surface area (TPSA) is 93.9 Å². The standard InChI is InChI=1S/C13H14N4O2/c1-13(2,3)19-12(18)17-10-5-4-8(7-14)6-9(10)11(15)16-17/h4-6H,1-3H3,(H2,15,16). The molecule has 6 heteroatoms. The number of aromatic nitrogens is 2. The second-order valence-corrected chi connectivity index (χ2v) is 5.12. The number of ether oxygens (including phenoxy) is 1. The van der Waals surface area contributed by atoms with Crippen LogP contribution in [0.1, 0.15) is 26.3 Å². The molecule has 0 aliphatic rings. The normalized spacial score (nSPS) is 11.3. The molecule has 1 heterocycles. The van der Waals surface area contributed by atoms with Crippen molar-refractivity contribution in [2.75, 3.05) is 5.73 Å². The van der Waals surface area contributed by atoms with E-state index in [0.717, 1.165) is 4.68 Å². The molecule has 0 amide bonds. The zero-order valence-corrected chi connectivity index (χ0v) is 11.0. The van der Waals surface area contributed by atoms with Crippen molar-refractivity contribution in [1.82, 2.24) is 9.78 Å². The van der Waals surface area contributed by atoms with Crippen molar-refractivity contribution >= 4 is 22.8 Å². The molecular formula is C13H14N4O2. The first-order valence-electron chi connectivity index (χ1n) is 5.73. The van der Waals surface area contributed by atoms with E-state index in [1.807, 2.05) is 6.07 Å². The fourth-order valence-corrected chi connectivity index (χ4v) is 1.66. The molecule has 2 rings (SSSR count). The fourth-order valence-electron chi connectivity index (χ4n) is 1.66. The van der Waals surface area contributed by atoms with Gasteiger partial charge in [-0.2, -0.15) is 9.94 Å². The van der Waals surface area contributed by atoms with Crippen LogP contribution in [0.4, 0.5) is 10.6 Å². The number of nitrogen functional groups attached to an aromatic ring is 1. The van der Waals surface area contributed by atoms with Crippen LogP contribution in [0.2, 0.25) is 0 Å². The Morgan fingerprint density at radius 2 is 2.16 bits per heavy atom. The third-order valence-electron chi connectivity index (χ3n) is 2.40. The monoisotopic (exact) mass is 258 g/mol. The number of nitriles is 1. The Labute approximate surface area is 110 Å². The van der Waals surface area contributed by atoms with Crippen LogP contribution in [-0.4, -0.2) is 21.5 Å². The highest BCUT2D eigenvalue weighted by Gasteiger charge is 2.21. The van der Waals surface area contributed by atoms with Crippen molar-refractivity contribution in [2.24, 2.45) is 0 Å². The lowest BCUT2D eigenvalue weighted by Gasteiger charge is -2.19. The van der Waals surface area contributed by atoms with Gasteiger partial charge >= 0.3 is 6.09 Å². The number of nitrogens with two attached hydrogens (primary N) is 1. The lowest BCUT2D eigenvalue weighted by molar-refractivity contribution is 0.0523. The number of rotatable bonds is 0. The van der Waals surface area contributed by atoms with E-state index in [1.54, 1.807) is 39.0 Å². The zero-order valence-electron chi connectivity index (χ0n) is 11.0. The fraction of sp³-hybridized carbons (Fsp3) is 0.308. The quantitative estimate of drug-likeness (QED) is 0.782. The van der Waals surface area contributed by atoms with Gasteiger partial charge in [-0.3, -0.25) is 0 Å². The average Bonchev–Trinajstić information content (AvgIpc) is 2.64. The first-order chi connectivity index (χ1) is 8.81. The van der Waals surface area contributed by atoms with Gasteiger partial charge in [0.25, 0.3) is 0 Å². The Morgan fingerprint density at radius 1 is 1.47 bits per heavy atom. The zero-order chi connectivity index (χ0) is 14.2. The van der Waals surface area contributed by atoms with Crippen molar-refractivity contribution in [3.63, 3.8) is 0 Å². The van der Waals surface area contributed by atoms with Crippen molar-refractivity contribution < 1.29 is 9.53 Å². The molecular weight excluding hydrogens is 244 g/mol. The van der Waals surface area contributed by atoms with Crippen LogP contribution in [0.3, 0.4) is 0 Å². The van der Waals surface area contributed by atoms with E-state index in [9.17, 15) is 4.79 Å². The Balaban J connectivity index is 2.52. The second-order valence-electron chi connectivity index (χ2n) is 5.12. The molecule has 0 saturated carbocycles. The minimum Gasteiger partial charge on any atom is -0.442 e. The molecule has 0 spiro atoms. The van der Waals surface area contributed by atoms with E-state index in [1.165, 1.54) is 0 Å². The highest BCUT2D eigenvalue weighted by molar-refractivity contribution is 5.95. The summed E-state index contributed by atoms with van der Waals surface area (Å²) in [6.07, 6.45) is -0.598. The number of nitrogens with zero attached hydrogens (tertiary/aromatic N) is 3. The summed E-state index contributed by atoms with van der Waals surface area (Å²) in [5, 5.41) is 13.4. The SMILES string of the molecule is CC(C)(C)OC(=O)n1nc(N)c2cc(C#N)ccc21. The summed E-state index contributed by atoms with van der Waals surface area (Å²) in [4.78, 5) is 12.0. The maximum atomic E-state index is 12.0. The molecule has 2 aromatic rings. The maximum absolute atomic E-state index is 12.0. The molecule has 0 aliphatic heterocycles. The summed E-state index contributed by atoms with van der Waals surface area (Å²) in [5.41, 5.74) is 6.12. The first kappa shape index (κ1) is 12.9. The van der Waals surface area contributed by atoms with Gasteiger partial charge in [0.15, 0.2) is 5.82 Å². The molecule has 0 radical (unpaired) electrons. The smallest absolute Gasteiger partial charge is 0.435 e. The summed E-state index contributed by atoms with van der Waals surface area (Å²) in [6.45, 7) is 5.31. The lowest BCUT2D eigenvalue weighted by Crippen LogP contribution is -2.27. The number of carbonyl (C=O) groups is 1. The summed E-state index contributed by atoms with van der Waals surface area (Å²) >= 11 is 0. The van der Waals surface area contributed by atoms with E-state index in [0.29, 0.717) is 16.5 Å². The van der Waals surface area contributed by atoms with Gasteiger partial charge in [0.05, 0.1) is 17.1 Å². The lowest BCUT2D eigenvalue weighted by atomic mass is 10.2. The third kappa shape index (κ3) is 2.50. The molecule has 19 heavy (non-hydrogen) atoms. The van der Waals surface area contributed by atoms with Gasteiger partial charge in [0.2, 0.25) is 0 Å². The largest absolute Gasteiger partial charge is 0.442 e. The number of hydrogen-bond donors (Lipinski definition) is 1. The molecule has 0 saturated heterocycles. The van der Waals surface area contributed by atoms with Crippen molar-refractivity contribution in [1.29, 1.82) is 5.26 Å². The van der Waals surface area contributed by atoms with Gasteiger partial charge in [0.1, 0.15) is 5.60 Å². The van der Waals surface area contributed by atoms with Crippen LogP contribution >= 0.6 is 0 Å². The number of benzene rings is 1. The summed E-state index contributed by atoms with van der Waals surface area (Å²) in [6, 6.07) is 6.84. The molecule has 2 N–H and O–H groups in total. The average molecular weight is 258 g/mol. The predicted molar refractivity (Wildman–Crippen MR) is 70.5 cm³/mol. The summed E-state index contributed by atoms with van der Waals surface area (Å²) < 4.78 is 6.35. The predicted octanol–water partition coefficient (Wildman–Crippen LogP) is 2.27. The van der Waals surface area contributed by atoms with E-state index >= 15 is 0 Å². The number of carbonyl (C=O) groups excluding carboxylic acids is 1. The Morgan fingerprint density at radius 3 is 2.74 bits per heavy atom.